The lowest BCUT2D eigenvalue weighted by molar-refractivity contribution is 0.0645. The van der Waals surface area contributed by atoms with Crippen molar-refractivity contribution in [1.82, 2.24) is 0 Å². The summed E-state index contributed by atoms with van der Waals surface area (Å²) in [5, 5.41) is 9.91. The van der Waals surface area contributed by atoms with E-state index < -0.39 is 6.10 Å². The molecular formula is C12H15FO2S. The minimum absolute atomic E-state index is 0.00301. The van der Waals surface area contributed by atoms with E-state index in [-0.39, 0.29) is 11.9 Å². The van der Waals surface area contributed by atoms with Crippen LogP contribution >= 0.6 is 11.8 Å². The Bertz CT molecular complexity index is 370. The molecule has 2 nitrogen and oxygen atoms in total. The number of hydrogen-bond acceptors (Lipinski definition) is 3. The molecule has 1 aromatic rings. The third-order valence-electron chi connectivity index (χ3n) is 2.76. The quantitative estimate of drug-likeness (QED) is 0.883. The van der Waals surface area contributed by atoms with Crippen LogP contribution in [0.1, 0.15) is 24.5 Å². The van der Waals surface area contributed by atoms with E-state index in [0.29, 0.717) is 17.7 Å². The maximum Gasteiger partial charge on any atom is 0.128 e. The standard InChI is InChI=1S/C12H15FO2S/c1-16-5-4-9-7-11(14)10-3-2-8(13)6-12(10)15-9/h2-3,6,9,11,14H,4-5,7H2,1H3/t9?,11-/m1/s1. The molecule has 1 N–H and O–H groups in total. The molecule has 0 radical (unpaired) electrons. The van der Waals surface area contributed by atoms with Gasteiger partial charge in [-0.3, -0.25) is 0 Å². The molecule has 2 rings (SSSR count). The van der Waals surface area contributed by atoms with Crippen molar-refractivity contribution in [3.05, 3.63) is 29.6 Å². The van der Waals surface area contributed by atoms with Gasteiger partial charge in [0.05, 0.1) is 6.10 Å². The summed E-state index contributed by atoms with van der Waals surface area (Å²) in [6.45, 7) is 0. The topological polar surface area (TPSA) is 29.5 Å². The van der Waals surface area contributed by atoms with Gasteiger partial charge in [0.1, 0.15) is 17.7 Å². The van der Waals surface area contributed by atoms with Crippen LogP contribution in [0.2, 0.25) is 0 Å². The maximum absolute atomic E-state index is 13.0. The Labute approximate surface area is 98.8 Å². The van der Waals surface area contributed by atoms with Crippen molar-refractivity contribution >= 4 is 11.8 Å². The van der Waals surface area contributed by atoms with Gasteiger partial charge in [-0.1, -0.05) is 0 Å². The molecule has 16 heavy (non-hydrogen) atoms. The molecule has 0 bridgehead atoms. The van der Waals surface area contributed by atoms with E-state index >= 15 is 0 Å². The van der Waals surface area contributed by atoms with Crippen molar-refractivity contribution in [1.29, 1.82) is 0 Å². The predicted octanol–water partition coefficient (Wildman–Crippen LogP) is 2.76. The first-order valence-corrected chi connectivity index (χ1v) is 6.73. The van der Waals surface area contributed by atoms with E-state index in [9.17, 15) is 9.50 Å². The fraction of sp³-hybridized carbons (Fsp3) is 0.500. The van der Waals surface area contributed by atoms with Crippen LogP contribution in [-0.4, -0.2) is 23.2 Å². The van der Waals surface area contributed by atoms with E-state index in [1.54, 1.807) is 17.8 Å². The molecule has 0 fully saturated rings. The van der Waals surface area contributed by atoms with Crippen LogP contribution < -0.4 is 4.74 Å². The van der Waals surface area contributed by atoms with Gasteiger partial charge in [0.2, 0.25) is 0 Å². The summed E-state index contributed by atoms with van der Waals surface area (Å²) in [6.07, 6.45) is 2.98. The van der Waals surface area contributed by atoms with Gasteiger partial charge in [0, 0.05) is 18.1 Å². The van der Waals surface area contributed by atoms with E-state index in [4.69, 9.17) is 4.74 Å². The SMILES string of the molecule is CSCCC1C[C@@H](O)c2ccc(F)cc2O1. The highest BCUT2D eigenvalue weighted by molar-refractivity contribution is 7.98. The van der Waals surface area contributed by atoms with Crippen molar-refractivity contribution in [3.8, 4) is 5.75 Å². The predicted molar refractivity (Wildman–Crippen MR) is 63.4 cm³/mol. The smallest absolute Gasteiger partial charge is 0.128 e. The van der Waals surface area contributed by atoms with Crippen LogP contribution in [0.15, 0.2) is 18.2 Å². The summed E-state index contributed by atoms with van der Waals surface area (Å²) in [6, 6.07) is 4.30. The van der Waals surface area contributed by atoms with Crippen LogP contribution in [0.3, 0.4) is 0 Å². The number of benzene rings is 1. The van der Waals surface area contributed by atoms with Gasteiger partial charge >= 0.3 is 0 Å². The summed E-state index contributed by atoms with van der Waals surface area (Å²) in [4.78, 5) is 0. The fourth-order valence-electron chi connectivity index (χ4n) is 1.92. The minimum atomic E-state index is -0.531. The number of ether oxygens (including phenoxy) is 1. The van der Waals surface area contributed by atoms with Crippen LogP contribution in [0, 0.1) is 5.82 Å². The van der Waals surface area contributed by atoms with Crippen molar-refractivity contribution < 1.29 is 14.2 Å². The molecular weight excluding hydrogens is 227 g/mol. The maximum atomic E-state index is 13.0. The van der Waals surface area contributed by atoms with Gasteiger partial charge in [-0.05, 0) is 30.6 Å². The zero-order valence-electron chi connectivity index (χ0n) is 9.15. The number of aliphatic hydroxyl groups excluding tert-OH is 1. The van der Waals surface area contributed by atoms with Gasteiger partial charge in [-0.15, -0.1) is 0 Å². The molecule has 2 atom stereocenters. The number of aliphatic hydroxyl groups is 1. The van der Waals surface area contributed by atoms with E-state index in [1.807, 2.05) is 6.26 Å². The second kappa shape index (κ2) is 5.06. The fourth-order valence-corrected chi connectivity index (χ4v) is 2.41. The monoisotopic (exact) mass is 242 g/mol. The zero-order chi connectivity index (χ0) is 11.5. The van der Waals surface area contributed by atoms with E-state index in [2.05, 4.69) is 0 Å². The van der Waals surface area contributed by atoms with Gasteiger partial charge in [0.15, 0.2) is 0 Å². The highest BCUT2D eigenvalue weighted by atomic mass is 32.2. The van der Waals surface area contributed by atoms with E-state index in [0.717, 1.165) is 12.2 Å². The third-order valence-corrected chi connectivity index (χ3v) is 3.40. The first-order valence-electron chi connectivity index (χ1n) is 5.34. The Morgan fingerprint density at radius 3 is 3.12 bits per heavy atom. The number of hydrogen-bond donors (Lipinski definition) is 1. The normalized spacial score (nSPS) is 23.7. The number of thioether (sulfide) groups is 1. The van der Waals surface area contributed by atoms with Gasteiger partial charge in [-0.2, -0.15) is 11.8 Å². The Kier molecular flexibility index (Phi) is 3.71. The highest BCUT2D eigenvalue weighted by Gasteiger charge is 2.26. The Hall–Kier alpha value is -0.740. The van der Waals surface area contributed by atoms with Crippen molar-refractivity contribution in [2.75, 3.05) is 12.0 Å². The summed E-state index contributed by atoms with van der Waals surface area (Å²) in [5.41, 5.74) is 0.696. The molecule has 1 aliphatic heterocycles. The summed E-state index contributed by atoms with van der Waals surface area (Å²) in [7, 11) is 0. The third kappa shape index (κ3) is 2.50. The molecule has 0 aliphatic carbocycles. The second-order valence-corrected chi connectivity index (χ2v) is 4.94. The average molecular weight is 242 g/mol. The highest BCUT2D eigenvalue weighted by Crippen LogP contribution is 2.36. The van der Waals surface area contributed by atoms with Gasteiger partial charge < -0.3 is 9.84 Å². The van der Waals surface area contributed by atoms with Crippen molar-refractivity contribution in [2.24, 2.45) is 0 Å². The van der Waals surface area contributed by atoms with E-state index in [1.165, 1.54) is 12.1 Å². The average Bonchev–Trinajstić information content (AvgIpc) is 2.25. The van der Waals surface area contributed by atoms with Crippen LogP contribution in [0.25, 0.3) is 0 Å². The first-order chi connectivity index (χ1) is 7.70. The lowest BCUT2D eigenvalue weighted by Crippen LogP contribution is -2.26. The summed E-state index contributed by atoms with van der Waals surface area (Å²) < 4.78 is 18.7. The van der Waals surface area contributed by atoms with Gasteiger partial charge in [-0.25, -0.2) is 4.39 Å². The molecule has 4 heteroatoms. The Morgan fingerprint density at radius 2 is 2.38 bits per heavy atom. The summed E-state index contributed by atoms with van der Waals surface area (Å²) in [5.74, 6) is 1.16. The lowest BCUT2D eigenvalue weighted by atomic mass is 9.98. The molecule has 0 spiro atoms. The van der Waals surface area contributed by atoms with Crippen molar-refractivity contribution in [2.45, 2.75) is 25.0 Å². The summed E-state index contributed by atoms with van der Waals surface area (Å²) >= 11 is 1.75. The molecule has 0 saturated carbocycles. The second-order valence-electron chi connectivity index (χ2n) is 3.95. The molecule has 1 aromatic carbocycles. The number of fused-ring (bicyclic) bond motifs is 1. The van der Waals surface area contributed by atoms with Crippen LogP contribution in [0.5, 0.6) is 5.75 Å². The molecule has 0 aromatic heterocycles. The minimum Gasteiger partial charge on any atom is -0.490 e. The Morgan fingerprint density at radius 1 is 1.56 bits per heavy atom. The molecule has 0 amide bonds. The van der Waals surface area contributed by atoms with Crippen LogP contribution in [0.4, 0.5) is 4.39 Å². The molecule has 88 valence electrons. The molecule has 0 saturated heterocycles. The lowest BCUT2D eigenvalue weighted by Gasteiger charge is -2.29. The Balaban J connectivity index is 2.14. The number of rotatable bonds is 3. The molecule has 1 unspecified atom stereocenters. The largest absolute Gasteiger partial charge is 0.490 e. The van der Waals surface area contributed by atoms with Gasteiger partial charge in [0.25, 0.3) is 0 Å². The first kappa shape index (κ1) is 11.7. The van der Waals surface area contributed by atoms with Crippen molar-refractivity contribution in [3.63, 3.8) is 0 Å². The zero-order valence-corrected chi connectivity index (χ0v) is 9.97. The molecule has 1 aliphatic rings. The molecule has 1 heterocycles. The van der Waals surface area contributed by atoms with Crippen LogP contribution in [-0.2, 0) is 0 Å². The number of halogens is 1.